The SMILES string of the molecule is Cc1ccc(NC(=O)c2cc(C)n(C3CC3)c2C)cc1S(=O)(=O)N(C)C. The second-order valence-electron chi connectivity index (χ2n) is 7.11. The molecule has 6 nitrogen and oxygen atoms in total. The van der Waals surface area contributed by atoms with E-state index in [1.165, 1.54) is 24.5 Å². The van der Waals surface area contributed by atoms with Crippen molar-refractivity contribution >= 4 is 21.6 Å². The molecule has 1 aliphatic carbocycles. The number of anilines is 1. The summed E-state index contributed by atoms with van der Waals surface area (Å²) in [4.78, 5) is 12.9. The monoisotopic (exact) mass is 375 g/mol. The van der Waals surface area contributed by atoms with Gasteiger partial charge in [0.25, 0.3) is 5.91 Å². The van der Waals surface area contributed by atoms with Crippen LogP contribution in [0.4, 0.5) is 5.69 Å². The van der Waals surface area contributed by atoms with E-state index in [0.717, 1.165) is 24.2 Å². The molecule has 1 saturated carbocycles. The zero-order chi connectivity index (χ0) is 19.2. The molecule has 0 aliphatic heterocycles. The van der Waals surface area contributed by atoms with E-state index in [2.05, 4.69) is 9.88 Å². The van der Waals surface area contributed by atoms with Gasteiger partial charge < -0.3 is 9.88 Å². The van der Waals surface area contributed by atoms with Crippen LogP contribution in [0.15, 0.2) is 29.2 Å². The van der Waals surface area contributed by atoms with Gasteiger partial charge in [0.2, 0.25) is 10.0 Å². The zero-order valence-electron chi connectivity index (χ0n) is 15.8. The molecule has 1 amide bonds. The maximum atomic E-state index is 12.7. The summed E-state index contributed by atoms with van der Waals surface area (Å²) >= 11 is 0. The van der Waals surface area contributed by atoms with E-state index in [-0.39, 0.29) is 10.8 Å². The first-order chi connectivity index (χ1) is 12.1. The first-order valence-electron chi connectivity index (χ1n) is 8.66. The molecule has 1 N–H and O–H groups in total. The summed E-state index contributed by atoms with van der Waals surface area (Å²) in [6.07, 6.45) is 2.31. The van der Waals surface area contributed by atoms with Gasteiger partial charge in [-0.1, -0.05) is 6.07 Å². The molecule has 1 fully saturated rings. The molecule has 1 aliphatic rings. The van der Waals surface area contributed by atoms with Gasteiger partial charge in [-0.15, -0.1) is 0 Å². The summed E-state index contributed by atoms with van der Waals surface area (Å²) in [6, 6.07) is 7.35. The number of carbonyl (C=O) groups excluding carboxylic acids is 1. The molecule has 7 heteroatoms. The van der Waals surface area contributed by atoms with E-state index < -0.39 is 10.0 Å². The summed E-state index contributed by atoms with van der Waals surface area (Å²) in [6.45, 7) is 5.71. The molecule has 0 radical (unpaired) electrons. The molecule has 3 rings (SSSR count). The fourth-order valence-corrected chi connectivity index (χ4v) is 4.40. The lowest BCUT2D eigenvalue weighted by Crippen LogP contribution is -2.23. The minimum Gasteiger partial charge on any atom is -0.345 e. The molecule has 0 atom stereocenters. The van der Waals surface area contributed by atoms with Crippen LogP contribution in [0.3, 0.4) is 0 Å². The number of amides is 1. The van der Waals surface area contributed by atoms with Crippen LogP contribution in [0, 0.1) is 20.8 Å². The highest BCUT2D eigenvalue weighted by Gasteiger charge is 2.28. The molecular formula is C19H25N3O3S. The smallest absolute Gasteiger partial charge is 0.257 e. The number of aromatic nitrogens is 1. The molecule has 1 heterocycles. The van der Waals surface area contributed by atoms with Crippen molar-refractivity contribution in [2.45, 2.75) is 44.6 Å². The predicted molar refractivity (Wildman–Crippen MR) is 102 cm³/mol. The molecule has 0 spiro atoms. The number of rotatable bonds is 5. The molecule has 0 saturated heterocycles. The zero-order valence-corrected chi connectivity index (χ0v) is 16.6. The Labute approximate surface area is 154 Å². The van der Waals surface area contributed by atoms with Crippen LogP contribution < -0.4 is 5.32 Å². The molecule has 1 aromatic heterocycles. The summed E-state index contributed by atoms with van der Waals surface area (Å²) < 4.78 is 28.3. The van der Waals surface area contributed by atoms with Crippen molar-refractivity contribution in [1.29, 1.82) is 0 Å². The molecular weight excluding hydrogens is 350 g/mol. The Morgan fingerprint density at radius 1 is 1.15 bits per heavy atom. The van der Waals surface area contributed by atoms with Gasteiger partial charge in [-0.25, -0.2) is 12.7 Å². The molecule has 2 aromatic rings. The number of aryl methyl sites for hydroxylation is 2. The Morgan fingerprint density at radius 3 is 2.38 bits per heavy atom. The van der Waals surface area contributed by atoms with E-state index in [0.29, 0.717) is 22.9 Å². The maximum absolute atomic E-state index is 12.7. The van der Waals surface area contributed by atoms with Crippen LogP contribution in [-0.2, 0) is 10.0 Å². The first kappa shape index (κ1) is 18.7. The number of nitrogens with one attached hydrogen (secondary N) is 1. The van der Waals surface area contributed by atoms with Gasteiger partial charge in [0.1, 0.15) is 0 Å². The van der Waals surface area contributed by atoms with Gasteiger partial charge in [-0.2, -0.15) is 0 Å². The van der Waals surface area contributed by atoms with E-state index in [4.69, 9.17) is 0 Å². The van der Waals surface area contributed by atoms with Crippen LogP contribution in [0.2, 0.25) is 0 Å². The molecule has 140 valence electrons. The van der Waals surface area contributed by atoms with Gasteiger partial charge in [0, 0.05) is 37.2 Å². The van der Waals surface area contributed by atoms with Gasteiger partial charge >= 0.3 is 0 Å². The highest BCUT2D eigenvalue weighted by molar-refractivity contribution is 7.89. The van der Waals surface area contributed by atoms with Crippen molar-refractivity contribution < 1.29 is 13.2 Å². The second-order valence-corrected chi connectivity index (χ2v) is 9.23. The van der Waals surface area contributed by atoms with Crippen LogP contribution in [-0.4, -0.2) is 37.3 Å². The van der Waals surface area contributed by atoms with Gasteiger partial charge in [0.15, 0.2) is 0 Å². The van der Waals surface area contributed by atoms with Crippen molar-refractivity contribution in [2.75, 3.05) is 19.4 Å². The van der Waals surface area contributed by atoms with Crippen molar-refractivity contribution in [2.24, 2.45) is 0 Å². The third kappa shape index (κ3) is 3.29. The Kier molecular flexibility index (Phi) is 4.71. The third-order valence-electron chi connectivity index (χ3n) is 4.85. The number of nitrogens with zero attached hydrogens (tertiary/aromatic N) is 2. The van der Waals surface area contributed by atoms with Crippen LogP contribution >= 0.6 is 0 Å². The summed E-state index contributed by atoms with van der Waals surface area (Å²) in [5.41, 5.74) is 3.78. The quantitative estimate of drug-likeness (QED) is 0.872. The largest absolute Gasteiger partial charge is 0.345 e. The second kappa shape index (κ2) is 6.55. The summed E-state index contributed by atoms with van der Waals surface area (Å²) in [5, 5.41) is 2.84. The predicted octanol–water partition coefficient (Wildman–Crippen LogP) is 3.25. The molecule has 0 bridgehead atoms. The normalized spacial score (nSPS) is 14.7. The van der Waals surface area contributed by atoms with E-state index in [9.17, 15) is 13.2 Å². The van der Waals surface area contributed by atoms with E-state index in [1.807, 2.05) is 19.9 Å². The standard InChI is InChI=1S/C19H25N3O3S/c1-12-6-7-15(11-18(12)26(24,25)21(4)5)20-19(23)17-10-13(2)22(14(17)3)16-8-9-16/h6-7,10-11,16H,8-9H2,1-5H3,(H,20,23). The Hall–Kier alpha value is -2.12. The fourth-order valence-electron chi connectivity index (χ4n) is 3.25. The average Bonchev–Trinajstić information content (AvgIpc) is 3.34. The van der Waals surface area contributed by atoms with Crippen LogP contribution in [0.5, 0.6) is 0 Å². The van der Waals surface area contributed by atoms with Crippen LogP contribution in [0.25, 0.3) is 0 Å². The molecule has 26 heavy (non-hydrogen) atoms. The highest BCUT2D eigenvalue weighted by Crippen LogP contribution is 2.38. The van der Waals surface area contributed by atoms with Gasteiger partial charge in [-0.05, 0) is 57.4 Å². The Morgan fingerprint density at radius 2 is 1.81 bits per heavy atom. The van der Waals surface area contributed by atoms with Crippen molar-refractivity contribution in [3.05, 3.63) is 46.8 Å². The Balaban J connectivity index is 1.90. The maximum Gasteiger partial charge on any atom is 0.257 e. The topological polar surface area (TPSA) is 71.4 Å². The van der Waals surface area contributed by atoms with Crippen LogP contribution in [0.1, 0.15) is 46.2 Å². The van der Waals surface area contributed by atoms with E-state index in [1.54, 1.807) is 19.1 Å². The van der Waals surface area contributed by atoms with Gasteiger partial charge in [0.05, 0.1) is 10.5 Å². The number of carbonyl (C=O) groups is 1. The van der Waals surface area contributed by atoms with Crippen molar-refractivity contribution in [1.82, 2.24) is 8.87 Å². The number of hydrogen-bond acceptors (Lipinski definition) is 3. The minimum absolute atomic E-state index is 0.198. The molecule has 0 unspecified atom stereocenters. The fraction of sp³-hybridized carbons (Fsp3) is 0.421. The molecule has 1 aromatic carbocycles. The average molecular weight is 375 g/mol. The number of sulfonamides is 1. The highest BCUT2D eigenvalue weighted by atomic mass is 32.2. The van der Waals surface area contributed by atoms with E-state index >= 15 is 0 Å². The lowest BCUT2D eigenvalue weighted by molar-refractivity contribution is 0.102. The number of hydrogen-bond donors (Lipinski definition) is 1. The van der Waals surface area contributed by atoms with Crippen molar-refractivity contribution in [3.8, 4) is 0 Å². The first-order valence-corrected chi connectivity index (χ1v) is 10.1. The summed E-state index contributed by atoms with van der Waals surface area (Å²) in [5.74, 6) is -0.220. The van der Waals surface area contributed by atoms with Crippen molar-refractivity contribution in [3.63, 3.8) is 0 Å². The third-order valence-corrected chi connectivity index (χ3v) is 6.80. The Bertz CT molecular complexity index is 970. The lowest BCUT2D eigenvalue weighted by atomic mass is 10.2. The minimum atomic E-state index is -3.57. The number of benzene rings is 1. The lowest BCUT2D eigenvalue weighted by Gasteiger charge is -2.15. The van der Waals surface area contributed by atoms with Gasteiger partial charge in [-0.3, -0.25) is 4.79 Å². The summed E-state index contributed by atoms with van der Waals surface area (Å²) in [7, 11) is -0.581.